The van der Waals surface area contributed by atoms with Crippen molar-refractivity contribution in [2.75, 3.05) is 11.9 Å². The van der Waals surface area contributed by atoms with Crippen LogP contribution in [0.25, 0.3) is 0 Å². The standard InChI is InChI=1S/C13H21N3OS.ClH/c1-4-10-9(3)18-12(15-10)16-11(17)13(5-2)7-6-8-14-13;/h14H,4-8H2,1-3H3,(H,15,16,17);1H. The van der Waals surface area contributed by atoms with Crippen LogP contribution < -0.4 is 10.6 Å². The number of hydrogen-bond donors (Lipinski definition) is 2. The summed E-state index contributed by atoms with van der Waals surface area (Å²) >= 11 is 1.56. The van der Waals surface area contributed by atoms with Gasteiger partial charge in [-0.25, -0.2) is 4.98 Å². The average Bonchev–Trinajstić information content (AvgIpc) is 2.96. The topological polar surface area (TPSA) is 54.0 Å². The molecule has 1 saturated heterocycles. The minimum Gasteiger partial charge on any atom is -0.303 e. The van der Waals surface area contributed by atoms with E-state index in [1.54, 1.807) is 11.3 Å². The number of hydrogen-bond acceptors (Lipinski definition) is 4. The fourth-order valence-electron chi connectivity index (χ4n) is 2.49. The number of thiazole rings is 1. The maximum atomic E-state index is 12.4. The summed E-state index contributed by atoms with van der Waals surface area (Å²) in [6.45, 7) is 7.12. The number of aryl methyl sites for hydroxylation is 2. The van der Waals surface area contributed by atoms with Gasteiger partial charge in [-0.2, -0.15) is 0 Å². The normalized spacial score (nSPS) is 22.1. The molecule has 1 atom stereocenters. The molecule has 1 aliphatic rings. The van der Waals surface area contributed by atoms with Gasteiger partial charge in [0.05, 0.1) is 11.2 Å². The zero-order valence-corrected chi connectivity index (χ0v) is 13.3. The Bertz CT molecular complexity index is 441. The lowest BCUT2D eigenvalue weighted by atomic mass is 9.93. The largest absolute Gasteiger partial charge is 0.303 e. The Morgan fingerprint density at radius 3 is 2.74 bits per heavy atom. The van der Waals surface area contributed by atoms with Gasteiger partial charge in [0.1, 0.15) is 0 Å². The van der Waals surface area contributed by atoms with Crippen molar-refractivity contribution in [3.8, 4) is 0 Å². The Hall–Kier alpha value is -0.650. The highest BCUT2D eigenvalue weighted by atomic mass is 35.5. The van der Waals surface area contributed by atoms with Gasteiger partial charge in [-0.05, 0) is 39.2 Å². The third-order valence-corrected chi connectivity index (χ3v) is 4.66. The molecule has 1 amide bonds. The molecule has 0 bridgehead atoms. The summed E-state index contributed by atoms with van der Waals surface area (Å²) in [4.78, 5) is 18.0. The third-order valence-electron chi connectivity index (χ3n) is 3.73. The van der Waals surface area contributed by atoms with Crippen LogP contribution in [0.15, 0.2) is 0 Å². The van der Waals surface area contributed by atoms with Crippen LogP contribution in [0.5, 0.6) is 0 Å². The fraction of sp³-hybridized carbons (Fsp3) is 0.692. The number of anilines is 1. The lowest BCUT2D eigenvalue weighted by Gasteiger charge is -2.25. The van der Waals surface area contributed by atoms with Crippen molar-refractivity contribution in [1.29, 1.82) is 0 Å². The predicted octanol–water partition coefficient (Wildman–Crippen LogP) is 2.91. The van der Waals surface area contributed by atoms with E-state index in [0.717, 1.165) is 43.1 Å². The molecule has 0 saturated carbocycles. The van der Waals surface area contributed by atoms with Crippen molar-refractivity contribution in [1.82, 2.24) is 10.3 Å². The number of nitrogens with one attached hydrogen (secondary N) is 2. The molecule has 6 heteroatoms. The molecule has 2 rings (SSSR count). The summed E-state index contributed by atoms with van der Waals surface area (Å²) in [5.74, 6) is 0.0684. The molecular weight excluding hydrogens is 282 g/mol. The van der Waals surface area contributed by atoms with Gasteiger partial charge in [-0.3, -0.25) is 4.79 Å². The first-order chi connectivity index (χ1) is 8.61. The Kier molecular flexibility index (Phi) is 5.77. The first kappa shape index (κ1) is 16.4. The smallest absolute Gasteiger partial charge is 0.246 e. The zero-order valence-electron chi connectivity index (χ0n) is 11.7. The maximum absolute atomic E-state index is 12.4. The highest BCUT2D eigenvalue weighted by Crippen LogP contribution is 2.27. The predicted molar refractivity (Wildman–Crippen MR) is 82.4 cm³/mol. The summed E-state index contributed by atoms with van der Waals surface area (Å²) in [7, 11) is 0. The molecule has 1 aromatic heterocycles. The van der Waals surface area contributed by atoms with Crippen molar-refractivity contribution in [2.45, 2.75) is 52.0 Å². The van der Waals surface area contributed by atoms with Crippen LogP contribution in [0, 0.1) is 6.92 Å². The van der Waals surface area contributed by atoms with Gasteiger partial charge in [-0.1, -0.05) is 13.8 Å². The number of carbonyl (C=O) groups excluding carboxylic acids is 1. The number of rotatable bonds is 4. The van der Waals surface area contributed by atoms with Crippen molar-refractivity contribution < 1.29 is 4.79 Å². The van der Waals surface area contributed by atoms with E-state index in [-0.39, 0.29) is 23.9 Å². The number of nitrogens with zero attached hydrogens (tertiary/aromatic N) is 1. The molecule has 0 radical (unpaired) electrons. The van der Waals surface area contributed by atoms with Gasteiger partial charge in [0.15, 0.2) is 5.13 Å². The molecule has 2 heterocycles. The maximum Gasteiger partial charge on any atom is 0.246 e. The molecule has 19 heavy (non-hydrogen) atoms. The van der Waals surface area contributed by atoms with Crippen molar-refractivity contribution in [2.24, 2.45) is 0 Å². The summed E-state index contributed by atoms with van der Waals surface area (Å²) in [5.41, 5.74) is 0.701. The lowest BCUT2D eigenvalue weighted by molar-refractivity contribution is -0.122. The second-order valence-electron chi connectivity index (χ2n) is 4.80. The van der Waals surface area contributed by atoms with Crippen molar-refractivity contribution in [3.05, 3.63) is 10.6 Å². The van der Waals surface area contributed by atoms with E-state index >= 15 is 0 Å². The van der Waals surface area contributed by atoms with E-state index in [1.165, 1.54) is 4.88 Å². The minimum atomic E-state index is -0.383. The molecule has 4 nitrogen and oxygen atoms in total. The van der Waals surface area contributed by atoms with Crippen LogP contribution in [-0.4, -0.2) is 23.0 Å². The Balaban J connectivity index is 0.00000180. The summed E-state index contributed by atoms with van der Waals surface area (Å²) in [6, 6.07) is 0. The van der Waals surface area contributed by atoms with Gasteiger partial charge >= 0.3 is 0 Å². The molecule has 1 unspecified atom stereocenters. The van der Waals surface area contributed by atoms with Crippen LogP contribution in [0.4, 0.5) is 5.13 Å². The molecule has 1 aliphatic heterocycles. The first-order valence-corrected chi connectivity index (χ1v) is 7.45. The van der Waals surface area contributed by atoms with E-state index in [9.17, 15) is 4.79 Å². The van der Waals surface area contributed by atoms with Crippen LogP contribution in [0.3, 0.4) is 0 Å². The molecule has 0 aromatic carbocycles. The Morgan fingerprint density at radius 2 is 2.26 bits per heavy atom. The summed E-state index contributed by atoms with van der Waals surface area (Å²) in [5, 5.41) is 7.05. The summed E-state index contributed by atoms with van der Waals surface area (Å²) < 4.78 is 0. The van der Waals surface area contributed by atoms with E-state index < -0.39 is 0 Å². The second-order valence-corrected chi connectivity index (χ2v) is 6.00. The van der Waals surface area contributed by atoms with E-state index in [4.69, 9.17) is 0 Å². The molecular formula is C13H22ClN3OS. The Labute approximate surface area is 124 Å². The molecule has 0 aliphatic carbocycles. The van der Waals surface area contributed by atoms with Gasteiger partial charge in [-0.15, -0.1) is 23.7 Å². The third kappa shape index (κ3) is 3.27. The van der Waals surface area contributed by atoms with E-state index in [0.29, 0.717) is 0 Å². The Morgan fingerprint density at radius 1 is 1.53 bits per heavy atom. The van der Waals surface area contributed by atoms with Crippen molar-refractivity contribution in [3.63, 3.8) is 0 Å². The molecule has 2 N–H and O–H groups in total. The molecule has 108 valence electrons. The van der Waals surface area contributed by atoms with Crippen LogP contribution in [0.2, 0.25) is 0 Å². The van der Waals surface area contributed by atoms with E-state index in [1.807, 2.05) is 0 Å². The summed E-state index contributed by atoms with van der Waals surface area (Å²) in [6.07, 6.45) is 3.72. The zero-order chi connectivity index (χ0) is 13.2. The monoisotopic (exact) mass is 303 g/mol. The highest BCUT2D eigenvalue weighted by molar-refractivity contribution is 7.15. The average molecular weight is 304 g/mol. The van der Waals surface area contributed by atoms with Crippen LogP contribution in [-0.2, 0) is 11.2 Å². The van der Waals surface area contributed by atoms with Crippen LogP contribution >= 0.6 is 23.7 Å². The molecule has 1 fully saturated rings. The number of halogens is 1. The van der Waals surface area contributed by atoms with Gasteiger partial charge < -0.3 is 10.6 Å². The van der Waals surface area contributed by atoms with E-state index in [2.05, 4.69) is 36.4 Å². The van der Waals surface area contributed by atoms with Gasteiger partial charge in [0.25, 0.3) is 0 Å². The fourth-order valence-corrected chi connectivity index (χ4v) is 3.39. The number of aromatic nitrogens is 1. The first-order valence-electron chi connectivity index (χ1n) is 6.64. The molecule has 0 spiro atoms. The van der Waals surface area contributed by atoms with Crippen molar-refractivity contribution >= 4 is 34.8 Å². The van der Waals surface area contributed by atoms with Crippen LogP contribution in [0.1, 0.15) is 43.7 Å². The number of carbonyl (C=O) groups is 1. The quantitative estimate of drug-likeness (QED) is 0.899. The second kappa shape index (κ2) is 6.68. The minimum absolute atomic E-state index is 0. The van der Waals surface area contributed by atoms with Gasteiger partial charge in [0.2, 0.25) is 5.91 Å². The van der Waals surface area contributed by atoms with Gasteiger partial charge in [0, 0.05) is 4.88 Å². The number of amides is 1. The highest BCUT2D eigenvalue weighted by Gasteiger charge is 2.39. The molecule has 1 aromatic rings. The SMILES string of the molecule is CCc1nc(NC(=O)C2(CC)CCCN2)sc1C.Cl. The lowest BCUT2D eigenvalue weighted by Crippen LogP contribution is -2.50.